The van der Waals surface area contributed by atoms with Gasteiger partial charge in [0, 0.05) is 36.2 Å². The topological polar surface area (TPSA) is 36.4 Å². The minimum absolute atomic E-state index is 0.0691. The number of hydrogen-bond acceptors (Lipinski definition) is 3. The highest BCUT2D eigenvalue weighted by molar-refractivity contribution is 5.54. The van der Waals surface area contributed by atoms with Crippen LogP contribution in [0, 0.1) is 6.92 Å². The molecule has 0 radical (unpaired) electrons. The lowest BCUT2D eigenvalue weighted by Gasteiger charge is -2.21. The molecule has 0 unspecified atom stereocenters. The smallest absolute Gasteiger partial charge is 0.0717 e. The summed E-state index contributed by atoms with van der Waals surface area (Å²) < 4.78 is 0. The lowest BCUT2D eigenvalue weighted by atomic mass is 10.2. The highest BCUT2D eigenvalue weighted by atomic mass is 16.3. The highest BCUT2D eigenvalue weighted by Gasteiger charge is 2.27. The van der Waals surface area contributed by atoms with E-state index in [9.17, 15) is 5.11 Å². The van der Waals surface area contributed by atoms with Crippen molar-refractivity contribution in [3.05, 3.63) is 23.5 Å². The van der Waals surface area contributed by atoms with Gasteiger partial charge in [-0.1, -0.05) is 0 Å². The van der Waals surface area contributed by atoms with Gasteiger partial charge >= 0.3 is 0 Å². The van der Waals surface area contributed by atoms with E-state index in [2.05, 4.69) is 16.9 Å². The van der Waals surface area contributed by atoms with E-state index in [-0.39, 0.29) is 6.61 Å². The van der Waals surface area contributed by atoms with E-state index in [0.29, 0.717) is 6.04 Å². The van der Waals surface area contributed by atoms with Crippen LogP contribution in [0.25, 0.3) is 0 Å². The molecule has 3 nitrogen and oxygen atoms in total. The number of aryl methyl sites for hydroxylation is 1. The Morgan fingerprint density at radius 3 is 2.86 bits per heavy atom. The van der Waals surface area contributed by atoms with E-state index in [1.165, 1.54) is 12.8 Å². The molecule has 0 aliphatic heterocycles. The largest absolute Gasteiger partial charge is 0.392 e. The molecule has 0 aromatic carbocycles. The zero-order valence-electron chi connectivity index (χ0n) is 8.70. The van der Waals surface area contributed by atoms with Crippen LogP contribution in [0.2, 0.25) is 0 Å². The quantitative estimate of drug-likeness (QED) is 0.788. The molecule has 76 valence electrons. The Balaban J connectivity index is 2.32. The molecule has 1 aromatic heterocycles. The van der Waals surface area contributed by atoms with Crippen molar-refractivity contribution in [1.29, 1.82) is 0 Å². The van der Waals surface area contributed by atoms with Crippen molar-refractivity contribution in [3.8, 4) is 0 Å². The molecule has 14 heavy (non-hydrogen) atoms. The monoisotopic (exact) mass is 192 g/mol. The van der Waals surface area contributed by atoms with Crippen molar-refractivity contribution in [3.63, 3.8) is 0 Å². The summed E-state index contributed by atoms with van der Waals surface area (Å²) >= 11 is 0. The van der Waals surface area contributed by atoms with Crippen molar-refractivity contribution in [2.24, 2.45) is 0 Å². The van der Waals surface area contributed by atoms with Crippen LogP contribution in [-0.2, 0) is 6.61 Å². The summed E-state index contributed by atoms with van der Waals surface area (Å²) in [5.41, 5.74) is 3.05. The summed E-state index contributed by atoms with van der Waals surface area (Å²) in [6.45, 7) is 2.05. The number of pyridine rings is 1. The van der Waals surface area contributed by atoms with Crippen LogP contribution in [0.3, 0.4) is 0 Å². The summed E-state index contributed by atoms with van der Waals surface area (Å²) in [6, 6.07) is 2.71. The molecular weight excluding hydrogens is 176 g/mol. The first-order valence-electron chi connectivity index (χ1n) is 5.01. The molecule has 0 spiro atoms. The van der Waals surface area contributed by atoms with Gasteiger partial charge in [-0.05, 0) is 25.8 Å². The Morgan fingerprint density at radius 2 is 2.29 bits per heavy atom. The van der Waals surface area contributed by atoms with E-state index in [1.807, 2.05) is 13.0 Å². The highest BCUT2D eigenvalue weighted by Crippen LogP contribution is 2.32. The maximum Gasteiger partial charge on any atom is 0.0717 e. The average Bonchev–Trinajstić information content (AvgIpc) is 3.00. The van der Waals surface area contributed by atoms with Gasteiger partial charge in [-0.3, -0.25) is 4.98 Å². The van der Waals surface area contributed by atoms with Crippen LogP contribution in [0.1, 0.15) is 24.1 Å². The van der Waals surface area contributed by atoms with Crippen molar-refractivity contribution in [2.75, 3.05) is 11.9 Å². The fourth-order valence-corrected chi connectivity index (χ4v) is 1.68. The molecular formula is C11H16N2O. The van der Waals surface area contributed by atoms with Gasteiger partial charge in [-0.2, -0.15) is 0 Å². The van der Waals surface area contributed by atoms with Gasteiger partial charge in [-0.15, -0.1) is 0 Å². The van der Waals surface area contributed by atoms with Crippen molar-refractivity contribution in [2.45, 2.75) is 32.4 Å². The van der Waals surface area contributed by atoms with E-state index >= 15 is 0 Å². The van der Waals surface area contributed by atoms with E-state index in [1.54, 1.807) is 6.20 Å². The second-order valence-electron chi connectivity index (χ2n) is 3.95. The first-order valence-corrected chi connectivity index (χ1v) is 5.01. The Labute approximate surface area is 84.4 Å². The standard InChI is InChI=1S/C11H16N2O/c1-8-5-11(9(7-14)6-12-8)13(2)10-3-4-10/h5-6,10,14H,3-4,7H2,1-2H3. The molecule has 2 rings (SSSR count). The molecule has 1 heterocycles. The van der Waals surface area contributed by atoms with Gasteiger partial charge in [-0.25, -0.2) is 0 Å². The van der Waals surface area contributed by atoms with Crippen molar-refractivity contribution >= 4 is 5.69 Å². The number of nitrogens with zero attached hydrogens (tertiary/aromatic N) is 2. The van der Waals surface area contributed by atoms with Crippen LogP contribution in [0.5, 0.6) is 0 Å². The van der Waals surface area contributed by atoms with E-state index < -0.39 is 0 Å². The van der Waals surface area contributed by atoms with Crippen LogP contribution >= 0.6 is 0 Å². The summed E-state index contributed by atoms with van der Waals surface area (Å²) in [5, 5.41) is 9.19. The third-order valence-corrected chi connectivity index (χ3v) is 2.74. The zero-order chi connectivity index (χ0) is 10.1. The predicted octanol–water partition coefficient (Wildman–Crippen LogP) is 1.48. The van der Waals surface area contributed by atoms with Gasteiger partial charge < -0.3 is 10.0 Å². The van der Waals surface area contributed by atoms with Crippen molar-refractivity contribution < 1.29 is 5.11 Å². The predicted molar refractivity (Wildman–Crippen MR) is 56.3 cm³/mol. The van der Waals surface area contributed by atoms with Gasteiger partial charge in [0.1, 0.15) is 0 Å². The van der Waals surface area contributed by atoms with Crippen LogP contribution in [0.15, 0.2) is 12.3 Å². The Morgan fingerprint density at radius 1 is 1.57 bits per heavy atom. The lowest BCUT2D eigenvalue weighted by molar-refractivity contribution is 0.281. The number of rotatable bonds is 3. The van der Waals surface area contributed by atoms with E-state index in [0.717, 1.165) is 16.9 Å². The number of anilines is 1. The number of aliphatic hydroxyl groups is 1. The maximum absolute atomic E-state index is 9.19. The molecule has 3 heteroatoms. The maximum atomic E-state index is 9.19. The third kappa shape index (κ3) is 1.73. The van der Waals surface area contributed by atoms with Gasteiger partial charge in [0.2, 0.25) is 0 Å². The molecule has 0 atom stereocenters. The van der Waals surface area contributed by atoms with Gasteiger partial charge in [0.15, 0.2) is 0 Å². The Hall–Kier alpha value is -1.09. The molecule has 0 amide bonds. The third-order valence-electron chi connectivity index (χ3n) is 2.74. The van der Waals surface area contributed by atoms with Crippen molar-refractivity contribution in [1.82, 2.24) is 4.98 Å². The molecule has 1 saturated carbocycles. The molecule has 1 aliphatic carbocycles. The first-order chi connectivity index (χ1) is 6.72. The number of hydrogen-bond donors (Lipinski definition) is 1. The molecule has 0 bridgehead atoms. The number of aromatic nitrogens is 1. The summed E-state index contributed by atoms with van der Waals surface area (Å²) in [7, 11) is 2.09. The molecule has 1 fully saturated rings. The fourth-order valence-electron chi connectivity index (χ4n) is 1.68. The van der Waals surface area contributed by atoms with Crippen LogP contribution in [-0.4, -0.2) is 23.2 Å². The molecule has 1 N–H and O–H groups in total. The molecule has 1 aromatic rings. The fraction of sp³-hybridized carbons (Fsp3) is 0.545. The van der Waals surface area contributed by atoms with Crippen LogP contribution < -0.4 is 4.90 Å². The second kappa shape index (κ2) is 3.58. The average molecular weight is 192 g/mol. The second-order valence-corrected chi connectivity index (χ2v) is 3.95. The van der Waals surface area contributed by atoms with E-state index in [4.69, 9.17) is 0 Å². The minimum atomic E-state index is 0.0691. The Bertz CT molecular complexity index is 334. The normalized spacial score (nSPS) is 15.6. The SMILES string of the molecule is Cc1cc(N(C)C2CC2)c(CO)cn1. The van der Waals surface area contributed by atoms with Gasteiger partial charge in [0.25, 0.3) is 0 Å². The lowest BCUT2D eigenvalue weighted by Crippen LogP contribution is -2.21. The van der Waals surface area contributed by atoms with Crippen LogP contribution in [0.4, 0.5) is 5.69 Å². The molecule has 0 saturated heterocycles. The zero-order valence-corrected chi connectivity index (χ0v) is 8.70. The van der Waals surface area contributed by atoms with Gasteiger partial charge in [0.05, 0.1) is 6.61 Å². The summed E-state index contributed by atoms with van der Waals surface area (Å²) in [4.78, 5) is 6.44. The molecule has 1 aliphatic rings. The first kappa shape index (κ1) is 9.46. The number of aliphatic hydroxyl groups excluding tert-OH is 1. The Kier molecular flexibility index (Phi) is 2.42. The summed E-state index contributed by atoms with van der Waals surface area (Å²) in [5.74, 6) is 0. The summed E-state index contributed by atoms with van der Waals surface area (Å²) in [6.07, 6.45) is 4.30. The minimum Gasteiger partial charge on any atom is -0.392 e.